The normalized spacial score (nSPS) is 40.8. The molecule has 0 atom stereocenters. The van der Waals surface area contributed by atoms with Crippen molar-refractivity contribution in [2.45, 2.75) is 38.5 Å². The molecule has 1 amide bonds. The van der Waals surface area contributed by atoms with Crippen molar-refractivity contribution >= 4 is 23.2 Å². The Labute approximate surface area is 138 Å². The number of piperazine rings is 1. The molecular weight excluding hydrogens is 294 g/mol. The van der Waals surface area contributed by atoms with Crippen LogP contribution in [0.3, 0.4) is 0 Å². The number of nitrogens with zero attached hydrogens (tertiary/aromatic N) is 2. The lowest BCUT2D eigenvalue weighted by atomic mass is 9.49. The lowest BCUT2D eigenvalue weighted by Gasteiger charge is -2.55. The van der Waals surface area contributed by atoms with Crippen LogP contribution >= 0.6 is 12.2 Å². The quantitative estimate of drug-likeness (QED) is 0.748. The van der Waals surface area contributed by atoms with Crippen LogP contribution in [0, 0.1) is 23.2 Å². The van der Waals surface area contributed by atoms with Crippen LogP contribution in [-0.2, 0) is 4.79 Å². The Morgan fingerprint density at radius 1 is 1.00 bits per heavy atom. The molecule has 1 saturated heterocycles. The number of carbonyl (C=O) groups excluding carboxylic acids is 1. The fourth-order valence-corrected chi connectivity index (χ4v) is 5.98. The Kier molecular flexibility index (Phi) is 3.68. The van der Waals surface area contributed by atoms with Gasteiger partial charge >= 0.3 is 0 Å². The van der Waals surface area contributed by atoms with Crippen molar-refractivity contribution in [3.05, 3.63) is 0 Å². The molecule has 4 saturated carbocycles. The summed E-state index contributed by atoms with van der Waals surface area (Å²) in [5.41, 5.74) is -0.0919. The molecule has 1 N–H and O–H groups in total. The van der Waals surface area contributed by atoms with Crippen molar-refractivity contribution in [2.24, 2.45) is 23.2 Å². The number of carbonyl (C=O) groups is 1. The molecule has 5 heteroatoms. The summed E-state index contributed by atoms with van der Waals surface area (Å²) in [7, 11) is 2.13. The summed E-state index contributed by atoms with van der Waals surface area (Å²) in [4.78, 5) is 17.4. The maximum Gasteiger partial charge on any atom is 0.232 e. The molecule has 0 aromatic carbocycles. The molecule has 4 aliphatic carbocycles. The van der Waals surface area contributed by atoms with Gasteiger partial charge in [-0.1, -0.05) is 0 Å². The van der Waals surface area contributed by atoms with E-state index in [1.54, 1.807) is 0 Å². The van der Waals surface area contributed by atoms with Gasteiger partial charge in [0.05, 0.1) is 5.41 Å². The first-order valence-corrected chi connectivity index (χ1v) is 9.24. The number of rotatable bonds is 1. The van der Waals surface area contributed by atoms with Crippen LogP contribution in [0.25, 0.3) is 0 Å². The van der Waals surface area contributed by atoms with Gasteiger partial charge in [0.1, 0.15) is 0 Å². The highest BCUT2D eigenvalue weighted by atomic mass is 32.1. The Morgan fingerprint density at radius 3 is 2.00 bits per heavy atom. The summed E-state index contributed by atoms with van der Waals surface area (Å²) >= 11 is 5.52. The fraction of sp³-hybridized carbons (Fsp3) is 0.882. The summed E-state index contributed by atoms with van der Waals surface area (Å²) in [6, 6.07) is 0. The average molecular weight is 321 g/mol. The van der Waals surface area contributed by atoms with Gasteiger partial charge in [-0.15, -0.1) is 0 Å². The zero-order valence-electron chi connectivity index (χ0n) is 13.5. The van der Waals surface area contributed by atoms with Gasteiger partial charge in [-0.05, 0) is 75.5 Å². The molecule has 0 unspecified atom stereocenters. The van der Waals surface area contributed by atoms with Crippen molar-refractivity contribution in [3.8, 4) is 0 Å². The predicted octanol–water partition coefficient (Wildman–Crippen LogP) is 1.85. The maximum absolute atomic E-state index is 13.0. The lowest BCUT2D eigenvalue weighted by molar-refractivity contribution is -0.144. The minimum absolute atomic E-state index is 0.0919. The van der Waals surface area contributed by atoms with Crippen molar-refractivity contribution in [1.82, 2.24) is 15.1 Å². The predicted molar refractivity (Wildman–Crippen MR) is 90.4 cm³/mol. The van der Waals surface area contributed by atoms with Crippen LogP contribution < -0.4 is 5.32 Å². The summed E-state index contributed by atoms with van der Waals surface area (Å²) in [5.74, 6) is 2.63. The summed E-state index contributed by atoms with van der Waals surface area (Å²) in [6.45, 7) is 3.90. The van der Waals surface area contributed by atoms with Gasteiger partial charge in [0.15, 0.2) is 5.11 Å². The maximum atomic E-state index is 13.0. The average Bonchev–Trinajstić information content (AvgIpc) is 2.46. The molecule has 4 bridgehead atoms. The minimum Gasteiger partial charge on any atom is -0.346 e. The third kappa shape index (κ3) is 2.56. The highest BCUT2D eigenvalue weighted by molar-refractivity contribution is 7.80. The second-order valence-corrected chi connectivity index (χ2v) is 8.63. The second kappa shape index (κ2) is 5.45. The smallest absolute Gasteiger partial charge is 0.232 e. The molecule has 5 aliphatic rings. The first-order valence-electron chi connectivity index (χ1n) is 8.83. The van der Waals surface area contributed by atoms with Crippen molar-refractivity contribution in [1.29, 1.82) is 0 Å². The highest BCUT2D eigenvalue weighted by Crippen LogP contribution is 2.60. The van der Waals surface area contributed by atoms with E-state index in [-0.39, 0.29) is 11.3 Å². The van der Waals surface area contributed by atoms with E-state index in [1.807, 2.05) is 0 Å². The van der Waals surface area contributed by atoms with Gasteiger partial charge in [-0.25, -0.2) is 0 Å². The van der Waals surface area contributed by atoms with Crippen molar-refractivity contribution in [2.75, 3.05) is 33.2 Å². The minimum atomic E-state index is -0.0919. The fourth-order valence-electron chi connectivity index (χ4n) is 5.71. The van der Waals surface area contributed by atoms with E-state index < -0.39 is 0 Å². The van der Waals surface area contributed by atoms with E-state index in [9.17, 15) is 4.79 Å². The Morgan fingerprint density at radius 2 is 1.50 bits per heavy atom. The molecule has 0 radical (unpaired) electrons. The Bertz CT molecular complexity index is 449. The molecule has 1 heterocycles. The van der Waals surface area contributed by atoms with Crippen LogP contribution in [0.4, 0.5) is 0 Å². The number of hydrogen-bond acceptors (Lipinski definition) is 3. The van der Waals surface area contributed by atoms with Crippen LogP contribution in [0.15, 0.2) is 0 Å². The molecule has 0 aromatic rings. The zero-order chi connectivity index (χ0) is 15.3. The van der Waals surface area contributed by atoms with Gasteiger partial charge in [0.2, 0.25) is 5.91 Å². The molecule has 1 aliphatic heterocycles. The van der Waals surface area contributed by atoms with Crippen molar-refractivity contribution < 1.29 is 4.79 Å². The number of amides is 1. The number of hydrogen-bond donors (Lipinski definition) is 1. The summed E-state index contributed by atoms with van der Waals surface area (Å²) in [5, 5.41) is 3.78. The lowest BCUT2D eigenvalue weighted by Crippen LogP contribution is -2.57. The molecule has 122 valence electrons. The number of likely N-dealkylation sites (N-methyl/N-ethyl adjacent to an activating group) is 1. The van der Waals surface area contributed by atoms with Gasteiger partial charge in [0.25, 0.3) is 0 Å². The van der Waals surface area contributed by atoms with E-state index in [0.717, 1.165) is 63.2 Å². The molecule has 4 nitrogen and oxygen atoms in total. The van der Waals surface area contributed by atoms with E-state index in [1.165, 1.54) is 19.3 Å². The topological polar surface area (TPSA) is 35.6 Å². The molecular formula is C17H27N3OS. The number of nitrogens with one attached hydrogen (secondary N) is 1. The van der Waals surface area contributed by atoms with Gasteiger partial charge in [-0.3, -0.25) is 4.79 Å². The molecule has 0 spiro atoms. The second-order valence-electron chi connectivity index (χ2n) is 8.25. The first-order chi connectivity index (χ1) is 10.5. The third-order valence-electron chi connectivity index (χ3n) is 6.53. The van der Waals surface area contributed by atoms with Gasteiger partial charge in [-0.2, -0.15) is 0 Å². The number of thiocarbonyl (C=S) groups is 1. The standard InChI is InChI=1S/C17H27N3OS/c1-19-2-4-20(5-3-19)16(22)18-15(21)17-9-12-6-13(10-17)8-14(7-12)11-17/h12-14H,2-11H2,1H3,(H,18,21,22). The Balaban J connectivity index is 1.41. The molecule has 0 aromatic heterocycles. The van der Waals surface area contributed by atoms with Crippen LogP contribution in [0.2, 0.25) is 0 Å². The monoisotopic (exact) mass is 321 g/mol. The zero-order valence-corrected chi connectivity index (χ0v) is 14.3. The summed E-state index contributed by atoms with van der Waals surface area (Å²) < 4.78 is 0. The van der Waals surface area contributed by atoms with Gasteiger partial charge < -0.3 is 15.1 Å². The largest absolute Gasteiger partial charge is 0.346 e. The molecule has 5 rings (SSSR count). The SMILES string of the molecule is CN1CCN(C(=S)NC(=O)C23CC4CC(CC(C4)C2)C3)CC1. The summed E-state index contributed by atoms with van der Waals surface area (Å²) in [6.07, 6.45) is 7.43. The molecule has 5 fully saturated rings. The third-order valence-corrected chi connectivity index (χ3v) is 6.89. The van der Waals surface area contributed by atoms with Gasteiger partial charge in [0, 0.05) is 26.2 Å². The van der Waals surface area contributed by atoms with Crippen LogP contribution in [0.1, 0.15) is 38.5 Å². The van der Waals surface area contributed by atoms with E-state index in [2.05, 4.69) is 22.2 Å². The van der Waals surface area contributed by atoms with E-state index in [4.69, 9.17) is 12.2 Å². The van der Waals surface area contributed by atoms with Crippen molar-refractivity contribution in [3.63, 3.8) is 0 Å². The van der Waals surface area contributed by atoms with Crippen LogP contribution in [0.5, 0.6) is 0 Å². The molecule has 22 heavy (non-hydrogen) atoms. The van der Waals surface area contributed by atoms with E-state index >= 15 is 0 Å². The van der Waals surface area contributed by atoms with E-state index in [0.29, 0.717) is 5.11 Å². The Hall–Kier alpha value is -0.680. The van der Waals surface area contributed by atoms with Crippen LogP contribution in [-0.4, -0.2) is 54.0 Å². The first kappa shape index (κ1) is 14.9. The highest BCUT2D eigenvalue weighted by Gasteiger charge is 2.54.